The monoisotopic (exact) mass is 653 g/mol. The van der Waals surface area contributed by atoms with Crippen molar-refractivity contribution in [1.82, 2.24) is 4.90 Å². The van der Waals surface area contributed by atoms with E-state index >= 15 is 0 Å². The molecule has 5 aromatic rings. The molecule has 1 atom stereocenters. The van der Waals surface area contributed by atoms with Crippen molar-refractivity contribution >= 4 is 38.8 Å². The first kappa shape index (κ1) is 31.1. The summed E-state index contributed by atoms with van der Waals surface area (Å²) in [6, 6.07) is 31.4. The zero-order valence-corrected chi connectivity index (χ0v) is 26.8. The predicted molar refractivity (Wildman–Crippen MR) is 177 cm³/mol. The highest BCUT2D eigenvalue weighted by atomic mass is 79.9. The molecule has 1 heterocycles. The number of halogens is 1. The first-order valence-corrected chi connectivity index (χ1v) is 15.6. The molecule has 0 aliphatic rings. The summed E-state index contributed by atoms with van der Waals surface area (Å²) in [6.45, 7) is 2.60. The number of amides is 1. The number of carbonyl (C=O) groups is 2. The molecular weight excluding hydrogens is 618 g/mol. The Hall–Kier alpha value is -4.36. The average Bonchev–Trinajstić information content (AvgIpc) is 3.42. The van der Waals surface area contributed by atoms with Crippen LogP contribution >= 0.6 is 15.9 Å². The minimum absolute atomic E-state index is 0.0397. The maximum absolute atomic E-state index is 13.6. The maximum atomic E-state index is 13.6. The quantitative estimate of drug-likeness (QED) is 0.126. The predicted octanol–water partition coefficient (Wildman–Crippen LogP) is 8.64. The Morgan fingerprint density at radius 2 is 1.59 bits per heavy atom. The van der Waals surface area contributed by atoms with E-state index in [2.05, 4.69) is 22.9 Å². The second kappa shape index (κ2) is 14.4. The van der Waals surface area contributed by atoms with Gasteiger partial charge in [0.2, 0.25) is 0 Å². The molecule has 0 radical (unpaired) electrons. The summed E-state index contributed by atoms with van der Waals surface area (Å²) in [5.74, 6) is 0.849. The topological polar surface area (TPSA) is 69.0 Å². The van der Waals surface area contributed by atoms with Crippen LogP contribution in [0, 0.1) is 0 Å². The number of benzene rings is 4. The van der Waals surface area contributed by atoms with Crippen LogP contribution in [0.2, 0.25) is 0 Å². The van der Waals surface area contributed by atoms with Crippen molar-refractivity contribution in [2.75, 3.05) is 14.2 Å². The number of ether oxygens (including phenoxy) is 2. The summed E-state index contributed by atoms with van der Waals surface area (Å²) in [4.78, 5) is 27.8. The number of fused-ring (bicyclic) bond motifs is 1. The van der Waals surface area contributed by atoms with Gasteiger partial charge in [0.05, 0.1) is 17.1 Å². The standard InChI is InChI=1S/C37H36BrNO5/c1-4-5-14-33-35(29-13-9-10-15-31(29)43-33)36(40)39(2)24-26-16-18-27(19-17-26)28-20-21-32(30(38)23-28)44-34(37(41)42-3)22-25-11-7-6-8-12-25/h6-13,15-21,23,34H,4-5,14,22,24H2,1-3H3. The highest BCUT2D eigenvalue weighted by molar-refractivity contribution is 9.10. The Bertz CT molecular complexity index is 1730. The number of esters is 1. The van der Waals surface area contributed by atoms with E-state index in [1.807, 2.05) is 104 Å². The van der Waals surface area contributed by atoms with Gasteiger partial charge in [-0.3, -0.25) is 4.79 Å². The summed E-state index contributed by atoms with van der Waals surface area (Å²) in [5.41, 5.74) is 5.43. The van der Waals surface area contributed by atoms with E-state index in [1.54, 1.807) is 4.90 Å². The van der Waals surface area contributed by atoms with Gasteiger partial charge in [0.1, 0.15) is 17.1 Å². The van der Waals surface area contributed by atoms with Crippen molar-refractivity contribution in [1.29, 1.82) is 0 Å². The van der Waals surface area contributed by atoms with Gasteiger partial charge in [0.15, 0.2) is 6.10 Å². The van der Waals surface area contributed by atoms with Gasteiger partial charge in [0, 0.05) is 31.8 Å². The molecule has 5 rings (SSSR count). The van der Waals surface area contributed by atoms with E-state index in [9.17, 15) is 9.59 Å². The lowest BCUT2D eigenvalue weighted by Crippen LogP contribution is -2.31. The lowest BCUT2D eigenvalue weighted by Gasteiger charge is -2.19. The summed E-state index contributed by atoms with van der Waals surface area (Å²) in [6.07, 6.45) is 2.36. The Balaban J connectivity index is 1.28. The van der Waals surface area contributed by atoms with Crippen molar-refractivity contribution in [3.05, 3.63) is 124 Å². The van der Waals surface area contributed by atoms with E-state index in [-0.39, 0.29) is 5.91 Å². The van der Waals surface area contributed by atoms with E-state index in [4.69, 9.17) is 13.9 Å². The zero-order valence-electron chi connectivity index (χ0n) is 25.2. The number of hydrogen-bond acceptors (Lipinski definition) is 5. The SMILES string of the molecule is CCCCc1oc2ccccc2c1C(=O)N(C)Cc1ccc(-c2ccc(OC(Cc3ccccc3)C(=O)OC)c(Br)c2)cc1. The van der Waals surface area contributed by atoms with Crippen LogP contribution < -0.4 is 4.74 Å². The van der Waals surface area contributed by atoms with Gasteiger partial charge in [-0.05, 0) is 62.8 Å². The van der Waals surface area contributed by atoms with E-state index in [1.165, 1.54) is 7.11 Å². The minimum atomic E-state index is -0.772. The third kappa shape index (κ3) is 7.22. The molecule has 4 aromatic carbocycles. The van der Waals surface area contributed by atoms with Crippen LogP contribution in [0.1, 0.15) is 47.0 Å². The van der Waals surface area contributed by atoms with Gasteiger partial charge in [-0.2, -0.15) is 0 Å². The van der Waals surface area contributed by atoms with Gasteiger partial charge in [-0.15, -0.1) is 0 Å². The lowest BCUT2D eigenvalue weighted by atomic mass is 10.0. The number of unbranched alkanes of at least 4 members (excludes halogenated alkanes) is 1. The summed E-state index contributed by atoms with van der Waals surface area (Å²) in [7, 11) is 3.19. The normalized spacial score (nSPS) is 11.7. The molecule has 0 N–H and O–H groups in total. The Kier molecular flexibility index (Phi) is 10.2. The second-order valence-electron chi connectivity index (χ2n) is 10.8. The van der Waals surface area contributed by atoms with Crippen LogP contribution in [-0.2, 0) is 28.9 Å². The Morgan fingerprint density at radius 1 is 0.886 bits per heavy atom. The minimum Gasteiger partial charge on any atom is -0.477 e. The van der Waals surface area contributed by atoms with Crippen LogP contribution in [0.25, 0.3) is 22.1 Å². The molecule has 6 nitrogen and oxygen atoms in total. The number of hydrogen-bond donors (Lipinski definition) is 0. The second-order valence-corrected chi connectivity index (χ2v) is 11.7. The van der Waals surface area contributed by atoms with Gasteiger partial charge >= 0.3 is 5.97 Å². The van der Waals surface area contributed by atoms with Crippen molar-refractivity contribution in [3.63, 3.8) is 0 Å². The van der Waals surface area contributed by atoms with Crippen LogP contribution in [0.4, 0.5) is 0 Å². The van der Waals surface area contributed by atoms with Crippen LogP contribution in [0.5, 0.6) is 5.75 Å². The molecule has 0 saturated carbocycles. The number of aryl methyl sites for hydroxylation is 1. The fraction of sp³-hybridized carbons (Fsp3) is 0.243. The van der Waals surface area contributed by atoms with Gasteiger partial charge < -0.3 is 18.8 Å². The summed E-state index contributed by atoms with van der Waals surface area (Å²) >= 11 is 3.62. The largest absolute Gasteiger partial charge is 0.477 e. The smallest absolute Gasteiger partial charge is 0.347 e. The first-order chi connectivity index (χ1) is 21.4. The first-order valence-electron chi connectivity index (χ1n) is 14.8. The van der Waals surface area contributed by atoms with E-state index in [0.29, 0.717) is 24.3 Å². The van der Waals surface area contributed by atoms with Crippen LogP contribution in [0.3, 0.4) is 0 Å². The molecular formula is C37H36BrNO5. The van der Waals surface area contributed by atoms with E-state index < -0.39 is 12.1 Å². The van der Waals surface area contributed by atoms with Crippen molar-refractivity contribution < 1.29 is 23.5 Å². The van der Waals surface area contributed by atoms with Crippen LogP contribution in [-0.4, -0.2) is 37.0 Å². The third-order valence-corrected chi connectivity index (χ3v) is 8.24. The molecule has 0 fully saturated rings. The molecule has 7 heteroatoms. The molecule has 0 spiro atoms. The summed E-state index contributed by atoms with van der Waals surface area (Å²) < 4.78 is 17.9. The highest BCUT2D eigenvalue weighted by Crippen LogP contribution is 2.33. The van der Waals surface area contributed by atoms with Crippen molar-refractivity contribution in [2.45, 2.75) is 45.3 Å². The maximum Gasteiger partial charge on any atom is 0.347 e. The zero-order chi connectivity index (χ0) is 31.1. The molecule has 1 amide bonds. The van der Waals surface area contributed by atoms with Gasteiger partial charge in [0.25, 0.3) is 5.91 Å². The third-order valence-electron chi connectivity index (χ3n) is 7.62. The molecule has 226 valence electrons. The molecule has 0 aliphatic carbocycles. The Labute approximate surface area is 266 Å². The van der Waals surface area contributed by atoms with Crippen molar-refractivity contribution in [3.8, 4) is 16.9 Å². The molecule has 0 bridgehead atoms. The molecule has 1 unspecified atom stereocenters. The van der Waals surface area contributed by atoms with E-state index in [0.717, 1.165) is 62.7 Å². The number of methoxy groups -OCH3 is 1. The molecule has 0 saturated heterocycles. The number of carbonyl (C=O) groups excluding carboxylic acids is 2. The molecule has 44 heavy (non-hydrogen) atoms. The summed E-state index contributed by atoms with van der Waals surface area (Å²) in [5, 5.41) is 0.863. The number of rotatable bonds is 12. The Morgan fingerprint density at radius 3 is 2.30 bits per heavy atom. The molecule has 1 aromatic heterocycles. The van der Waals surface area contributed by atoms with Crippen molar-refractivity contribution in [2.24, 2.45) is 0 Å². The lowest BCUT2D eigenvalue weighted by molar-refractivity contribution is -0.148. The fourth-order valence-electron chi connectivity index (χ4n) is 5.25. The van der Waals surface area contributed by atoms with Gasteiger partial charge in [-0.1, -0.05) is 92.2 Å². The number of nitrogens with zero attached hydrogens (tertiary/aromatic N) is 1. The van der Waals surface area contributed by atoms with Crippen LogP contribution in [0.15, 0.2) is 106 Å². The number of para-hydroxylation sites is 1. The molecule has 0 aliphatic heterocycles. The highest BCUT2D eigenvalue weighted by Gasteiger charge is 2.24. The average molecular weight is 655 g/mol. The number of furan rings is 1. The fourth-order valence-corrected chi connectivity index (χ4v) is 5.72. The van der Waals surface area contributed by atoms with Gasteiger partial charge in [-0.25, -0.2) is 4.79 Å².